The average Bonchev–Trinajstić information content (AvgIpc) is 2.17. The Morgan fingerprint density at radius 2 is 2.19 bits per heavy atom. The van der Waals surface area contributed by atoms with Crippen LogP contribution in [0.2, 0.25) is 0 Å². The van der Waals surface area contributed by atoms with Crippen LogP contribution in [-0.2, 0) is 6.18 Å². The first-order chi connectivity index (χ1) is 7.43. The summed E-state index contributed by atoms with van der Waals surface area (Å²) in [6.45, 7) is 2.21. The minimum atomic E-state index is -4.48. The third kappa shape index (κ3) is 3.65. The summed E-state index contributed by atoms with van der Waals surface area (Å²) in [5, 5.41) is 2.83. The molecule has 1 aromatic heterocycles. The first-order valence-corrected chi connectivity index (χ1v) is 4.65. The van der Waals surface area contributed by atoms with Gasteiger partial charge in [-0.15, -0.1) is 0 Å². The maximum atomic E-state index is 12.3. The van der Waals surface area contributed by atoms with Gasteiger partial charge in [0, 0.05) is 12.7 Å². The van der Waals surface area contributed by atoms with Crippen molar-refractivity contribution >= 4 is 0 Å². The van der Waals surface area contributed by atoms with E-state index in [9.17, 15) is 13.2 Å². The maximum Gasteiger partial charge on any atom is 0.433 e. The molecule has 90 valence electrons. The van der Waals surface area contributed by atoms with Gasteiger partial charge in [-0.3, -0.25) is 0 Å². The second-order valence-corrected chi connectivity index (χ2v) is 3.21. The molecule has 1 N–H and O–H groups in total. The highest BCUT2D eigenvalue weighted by atomic mass is 19.4. The van der Waals surface area contributed by atoms with Gasteiger partial charge in [0.05, 0.1) is 0 Å². The largest absolute Gasteiger partial charge is 0.459 e. The molecule has 0 spiro atoms. The van der Waals surface area contributed by atoms with Gasteiger partial charge in [0.2, 0.25) is 0 Å². The molecule has 1 atom stereocenters. The van der Waals surface area contributed by atoms with Gasteiger partial charge in [0.25, 0.3) is 0 Å². The van der Waals surface area contributed by atoms with E-state index < -0.39 is 11.9 Å². The monoisotopic (exact) mass is 235 g/mol. The van der Waals surface area contributed by atoms with Crippen molar-refractivity contribution in [2.24, 2.45) is 0 Å². The lowest BCUT2D eigenvalue weighted by Gasteiger charge is -2.13. The predicted octanol–water partition coefficient (Wildman–Crippen LogP) is 1.48. The van der Waals surface area contributed by atoms with Crippen LogP contribution < -0.4 is 10.1 Å². The molecular formula is C9H12F3N3O. The molecule has 1 rings (SSSR count). The predicted molar refractivity (Wildman–Crippen MR) is 51.1 cm³/mol. The molecule has 4 nitrogen and oxygen atoms in total. The summed E-state index contributed by atoms with van der Waals surface area (Å²) < 4.78 is 42.0. The number of aromatic nitrogens is 2. The fourth-order valence-corrected chi connectivity index (χ4v) is 1.06. The minimum Gasteiger partial charge on any atom is -0.459 e. The highest BCUT2D eigenvalue weighted by Crippen LogP contribution is 2.27. The smallest absolute Gasteiger partial charge is 0.433 e. The van der Waals surface area contributed by atoms with Crippen LogP contribution in [0.3, 0.4) is 0 Å². The first-order valence-electron chi connectivity index (χ1n) is 4.65. The lowest BCUT2D eigenvalue weighted by Crippen LogP contribution is -2.27. The van der Waals surface area contributed by atoms with E-state index in [0.29, 0.717) is 6.54 Å². The van der Waals surface area contributed by atoms with Crippen molar-refractivity contribution in [1.29, 1.82) is 0 Å². The van der Waals surface area contributed by atoms with Crippen LogP contribution in [0.4, 0.5) is 13.2 Å². The molecule has 0 amide bonds. The molecule has 0 saturated heterocycles. The van der Waals surface area contributed by atoms with E-state index in [0.717, 1.165) is 12.3 Å². The van der Waals surface area contributed by atoms with Crippen LogP contribution in [0.15, 0.2) is 12.3 Å². The number of nitrogens with zero attached hydrogens (tertiary/aromatic N) is 2. The van der Waals surface area contributed by atoms with Crippen molar-refractivity contribution in [3.63, 3.8) is 0 Å². The fourth-order valence-electron chi connectivity index (χ4n) is 1.06. The lowest BCUT2D eigenvalue weighted by molar-refractivity contribution is -0.141. The minimum absolute atomic E-state index is 0.266. The van der Waals surface area contributed by atoms with Gasteiger partial charge >= 0.3 is 12.2 Å². The molecule has 0 aliphatic rings. The number of likely N-dealkylation sites (N-methyl/N-ethyl adjacent to an activating group) is 1. The van der Waals surface area contributed by atoms with Crippen LogP contribution in [0.1, 0.15) is 12.6 Å². The molecule has 0 bridgehead atoms. The van der Waals surface area contributed by atoms with Crippen molar-refractivity contribution in [3.8, 4) is 6.01 Å². The van der Waals surface area contributed by atoms with Gasteiger partial charge in [-0.2, -0.15) is 18.2 Å². The second kappa shape index (κ2) is 5.11. The molecule has 0 aliphatic heterocycles. The van der Waals surface area contributed by atoms with E-state index in [1.54, 1.807) is 14.0 Å². The molecule has 7 heteroatoms. The van der Waals surface area contributed by atoms with Crippen molar-refractivity contribution in [3.05, 3.63) is 18.0 Å². The van der Waals surface area contributed by atoms with Crippen LogP contribution in [-0.4, -0.2) is 29.7 Å². The SMILES string of the molecule is CNCC(C)Oc1nccc(C(F)(F)F)n1. The van der Waals surface area contributed by atoms with Gasteiger partial charge in [0.15, 0.2) is 5.69 Å². The molecule has 16 heavy (non-hydrogen) atoms. The third-order valence-electron chi connectivity index (χ3n) is 1.72. The molecule has 0 aromatic carbocycles. The molecule has 1 unspecified atom stereocenters. The van der Waals surface area contributed by atoms with E-state index in [1.807, 2.05) is 0 Å². The Kier molecular flexibility index (Phi) is 4.05. The third-order valence-corrected chi connectivity index (χ3v) is 1.72. The lowest BCUT2D eigenvalue weighted by atomic mass is 10.4. The molecular weight excluding hydrogens is 223 g/mol. The normalized spacial score (nSPS) is 13.6. The van der Waals surface area contributed by atoms with Gasteiger partial charge in [-0.25, -0.2) is 4.98 Å². The van der Waals surface area contributed by atoms with Crippen LogP contribution in [0.25, 0.3) is 0 Å². The van der Waals surface area contributed by atoms with Crippen LogP contribution >= 0.6 is 0 Å². The Bertz CT molecular complexity index is 343. The Balaban J connectivity index is 2.75. The maximum absolute atomic E-state index is 12.3. The number of rotatable bonds is 4. The number of nitrogens with one attached hydrogen (secondary N) is 1. The zero-order valence-electron chi connectivity index (χ0n) is 8.88. The molecule has 1 heterocycles. The van der Waals surface area contributed by atoms with E-state index in [2.05, 4.69) is 15.3 Å². The molecule has 0 fully saturated rings. The number of hydrogen-bond acceptors (Lipinski definition) is 4. The Morgan fingerprint density at radius 3 is 2.75 bits per heavy atom. The second-order valence-electron chi connectivity index (χ2n) is 3.21. The number of alkyl halides is 3. The van der Waals surface area contributed by atoms with E-state index in [-0.39, 0.29) is 12.1 Å². The summed E-state index contributed by atoms with van der Waals surface area (Å²) in [4.78, 5) is 6.89. The van der Waals surface area contributed by atoms with Gasteiger partial charge in [-0.1, -0.05) is 0 Å². The van der Waals surface area contributed by atoms with Crippen molar-refractivity contribution < 1.29 is 17.9 Å². The van der Waals surface area contributed by atoms with E-state index >= 15 is 0 Å². The molecule has 0 aliphatic carbocycles. The van der Waals surface area contributed by atoms with Crippen molar-refractivity contribution in [2.45, 2.75) is 19.2 Å². The summed E-state index contributed by atoms with van der Waals surface area (Å²) >= 11 is 0. The Hall–Kier alpha value is -1.37. The van der Waals surface area contributed by atoms with Gasteiger partial charge in [0.1, 0.15) is 6.10 Å². The van der Waals surface area contributed by atoms with Gasteiger partial charge < -0.3 is 10.1 Å². The zero-order valence-corrected chi connectivity index (χ0v) is 8.88. The van der Waals surface area contributed by atoms with Crippen LogP contribution in [0, 0.1) is 0 Å². The van der Waals surface area contributed by atoms with E-state index in [1.165, 1.54) is 0 Å². The molecule has 0 saturated carbocycles. The first kappa shape index (κ1) is 12.7. The van der Waals surface area contributed by atoms with Gasteiger partial charge in [-0.05, 0) is 20.0 Å². The fraction of sp³-hybridized carbons (Fsp3) is 0.556. The number of hydrogen-bond donors (Lipinski definition) is 1. The Labute approximate surface area is 90.9 Å². The summed E-state index contributed by atoms with van der Waals surface area (Å²) in [6.07, 6.45) is -3.75. The topological polar surface area (TPSA) is 47.0 Å². The van der Waals surface area contributed by atoms with Crippen LogP contribution in [0.5, 0.6) is 6.01 Å². The molecule has 0 radical (unpaired) electrons. The summed E-state index contributed by atoms with van der Waals surface area (Å²) in [5.41, 5.74) is -1.01. The highest BCUT2D eigenvalue weighted by molar-refractivity contribution is 5.08. The highest BCUT2D eigenvalue weighted by Gasteiger charge is 2.33. The summed E-state index contributed by atoms with van der Waals surface area (Å²) in [6, 6.07) is 0.535. The molecule has 1 aromatic rings. The zero-order chi connectivity index (χ0) is 12.2. The summed E-state index contributed by atoms with van der Waals surface area (Å²) in [5.74, 6) is 0. The standard InChI is InChI=1S/C9H12F3N3O/c1-6(5-13-2)16-8-14-4-3-7(15-8)9(10,11)12/h3-4,6,13H,5H2,1-2H3. The Morgan fingerprint density at radius 1 is 1.50 bits per heavy atom. The van der Waals surface area contributed by atoms with E-state index in [4.69, 9.17) is 4.74 Å². The number of halogens is 3. The average molecular weight is 235 g/mol. The quantitative estimate of drug-likeness (QED) is 0.858. The summed E-state index contributed by atoms with van der Waals surface area (Å²) in [7, 11) is 1.72. The number of ether oxygens (including phenoxy) is 1. The van der Waals surface area contributed by atoms with Crippen molar-refractivity contribution in [1.82, 2.24) is 15.3 Å². The van der Waals surface area contributed by atoms with Crippen molar-refractivity contribution in [2.75, 3.05) is 13.6 Å².